The Morgan fingerprint density at radius 3 is 2.69 bits per heavy atom. The summed E-state index contributed by atoms with van der Waals surface area (Å²) in [5, 5.41) is -0.327. The Balaban J connectivity index is 1.58. The van der Waals surface area contributed by atoms with Crippen LogP contribution in [0.5, 0.6) is 5.88 Å². The number of halogens is 3. The van der Waals surface area contributed by atoms with E-state index in [1.54, 1.807) is 12.1 Å². The minimum absolute atomic E-state index is 0.0203. The molecular formula is C20H14ClF2N5O4. The van der Waals surface area contributed by atoms with Crippen molar-refractivity contribution in [3.8, 4) is 5.88 Å². The van der Waals surface area contributed by atoms with Crippen LogP contribution in [0.1, 0.15) is 11.1 Å². The number of ether oxygens (including phenoxy) is 1. The van der Waals surface area contributed by atoms with Crippen LogP contribution >= 0.6 is 11.6 Å². The third-order valence-electron chi connectivity index (χ3n) is 4.65. The SMILES string of the molecule is NC(=O)n1c(=O)[nH]c2ccc(Cn3cnc(OCc4ccc(F)cc4F)c(Cl)c3=O)cc21. The number of aromatic amines is 1. The van der Waals surface area contributed by atoms with Gasteiger partial charge in [-0.25, -0.2) is 27.9 Å². The molecule has 2 heterocycles. The Labute approximate surface area is 182 Å². The van der Waals surface area contributed by atoms with Crippen LogP contribution in [0.2, 0.25) is 5.02 Å². The summed E-state index contributed by atoms with van der Waals surface area (Å²) in [6.07, 6.45) is 1.19. The van der Waals surface area contributed by atoms with E-state index in [2.05, 4.69) is 9.97 Å². The second-order valence-corrected chi connectivity index (χ2v) is 7.15. The van der Waals surface area contributed by atoms with E-state index < -0.39 is 28.9 Å². The normalized spacial score (nSPS) is 11.1. The summed E-state index contributed by atoms with van der Waals surface area (Å²) in [6, 6.07) is 6.80. The molecule has 0 unspecified atom stereocenters. The number of rotatable bonds is 5. The van der Waals surface area contributed by atoms with Gasteiger partial charge in [-0.2, -0.15) is 0 Å². The largest absolute Gasteiger partial charge is 0.471 e. The maximum Gasteiger partial charge on any atom is 0.334 e. The predicted octanol–water partition coefficient (Wildman–Crippen LogP) is 2.37. The molecule has 2 aromatic carbocycles. The van der Waals surface area contributed by atoms with Crippen molar-refractivity contribution in [3.05, 3.63) is 91.3 Å². The van der Waals surface area contributed by atoms with Crippen LogP contribution < -0.4 is 21.7 Å². The number of primary amides is 1. The number of nitrogens with zero attached hydrogens (tertiary/aromatic N) is 3. The van der Waals surface area contributed by atoms with Crippen molar-refractivity contribution in [3.63, 3.8) is 0 Å². The summed E-state index contributed by atoms with van der Waals surface area (Å²) in [7, 11) is 0. The van der Waals surface area contributed by atoms with Gasteiger partial charge in [0.15, 0.2) is 5.02 Å². The van der Waals surface area contributed by atoms with E-state index in [9.17, 15) is 23.2 Å². The number of nitrogens with two attached hydrogens (primary N) is 1. The number of imidazole rings is 1. The Kier molecular flexibility index (Phi) is 5.49. The Morgan fingerprint density at radius 2 is 1.97 bits per heavy atom. The lowest BCUT2D eigenvalue weighted by atomic mass is 10.2. The molecule has 4 rings (SSSR count). The first-order valence-electron chi connectivity index (χ1n) is 9.09. The molecule has 0 aliphatic rings. The summed E-state index contributed by atoms with van der Waals surface area (Å²) in [5.74, 6) is -1.74. The van der Waals surface area contributed by atoms with Crippen molar-refractivity contribution >= 4 is 28.7 Å². The molecule has 4 aromatic rings. The van der Waals surface area contributed by atoms with Crippen LogP contribution in [0.4, 0.5) is 13.6 Å². The maximum absolute atomic E-state index is 13.7. The number of hydrogen-bond donors (Lipinski definition) is 2. The van der Waals surface area contributed by atoms with Crippen LogP contribution in [-0.4, -0.2) is 25.1 Å². The van der Waals surface area contributed by atoms with Gasteiger partial charge in [0.05, 0.1) is 17.6 Å². The molecule has 0 fully saturated rings. The minimum atomic E-state index is -0.945. The van der Waals surface area contributed by atoms with Crippen molar-refractivity contribution < 1.29 is 18.3 Å². The summed E-state index contributed by atoms with van der Waals surface area (Å²) in [6.45, 7) is -0.288. The Hall–Kier alpha value is -3.99. The van der Waals surface area contributed by atoms with E-state index in [0.717, 1.165) is 10.6 Å². The van der Waals surface area contributed by atoms with Gasteiger partial charge in [-0.3, -0.25) is 9.36 Å². The van der Waals surface area contributed by atoms with E-state index in [4.69, 9.17) is 22.1 Å². The lowest BCUT2D eigenvalue weighted by Crippen LogP contribution is -2.29. The highest BCUT2D eigenvalue weighted by Crippen LogP contribution is 2.20. The molecule has 2 aromatic heterocycles. The molecule has 1 amide bonds. The third kappa shape index (κ3) is 3.97. The molecule has 0 aliphatic carbocycles. The molecule has 0 bridgehead atoms. The van der Waals surface area contributed by atoms with Gasteiger partial charge in [-0.15, -0.1) is 0 Å². The van der Waals surface area contributed by atoms with E-state index in [1.165, 1.54) is 23.0 Å². The fraction of sp³-hybridized carbons (Fsp3) is 0.100. The molecular weight excluding hydrogens is 448 g/mol. The number of aromatic nitrogens is 4. The van der Waals surface area contributed by atoms with Gasteiger partial charge >= 0.3 is 11.7 Å². The molecule has 9 nitrogen and oxygen atoms in total. The number of fused-ring (bicyclic) bond motifs is 1. The molecule has 3 N–H and O–H groups in total. The minimum Gasteiger partial charge on any atom is -0.471 e. The molecule has 32 heavy (non-hydrogen) atoms. The first-order valence-corrected chi connectivity index (χ1v) is 9.47. The van der Waals surface area contributed by atoms with Crippen molar-refractivity contribution in [1.29, 1.82) is 0 Å². The van der Waals surface area contributed by atoms with E-state index >= 15 is 0 Å². The highest BCUT2D eigenvalue weighted by molar-refractivity contribution is 6.31. The van der Waals surface area contributed by atoms with Gasteiger partial charge in [0.25, 0.3) is 5.56 Å². The lowest BCUT2D eigenvalue weighted by Gasteiger charge is -2.11. The van der Waals surface area contributed by atoms with Gasteiger partial charge in [0.1, 0.15) is 24.6 Å². The third-order valence-corrected chi connectivity index (χ3v) is 4.97. The first-order chi connectivity index (χ1) is 15.2. The maximum atomic E-state index is 13.7. The van der Waals surface area contributed by atoms with Crippen LogP contribution in [0.15, 0.2) is 52.3 Å². The van der Waals surface area contributed by atoms with Crippen LogP contribution in [-0.2, 0) is 13.2 Å². The summed E-state index contributed by atoms with van der Waals surface area (Å²) < 4.78 is 34.0. The zero-order chi connectivity index (χ0) is 23.0. The van der Waals surface area contributed by atoms with Crippen LogP contribution in [0, 0.1) is 11.6 Å². The van der Waals surface area contributed by atoms with Gasteiger partial charge in [0, 0.05) is 11.6 Å². The second-order valence-electron chi connectivity index (χ2n) is 6.78. The zero-order valence-corrected chi connectivity index (χ0v) is 16.9. The fourth-order valence-corrected chi connectivity index (χ4v) is 3.32. The number of carbonyl (C=O) groups excluding carboxylic acids is 1. The van der Waals surface area contributed by atoms with Gasteiger partial charge in [-0.05, 0) is 29.8 Å². The standard InChI is InChI=1S/C20H14ClF2N5O4/c21-16-17(32-8-11-2-3-12(22)6-13(11)23)25-9-27(18(16)29)7-10-1-4-14-15(5-10)28(19(24)30)20(31)26-14/h1-6,9H,7-8H2,(H2,24,30)(H,26,31). The summed E-state index contributed by atoms with van der Waals surface area (Å²) in [5.41, 5.74) is 5.22. The van der Waals surface area contributed by atoms with Crippen molar-refractivity contribution in [2.24, 2.45) is 5.73 Å². The molecule has 164 valence electrons. The van der Waals surface area contributed by atoms with E-state index in [0.29, 0.717) is 17.1 Å². The zero-order valence-electron chi connectivity index (χ0n) is 16.1. The van der Waals surface area contributed by atoms with Crippen molar-refractivity contribution in [2.45, 2.75) is 13.2 Å². The van der Waals surface area contributed by atoms with Gasteiger partial charge in [-0.1, -0.05) is 17.7 Å². The topological polar surface area (TPSA) is 125 Å². The van der Waals surface area contributed by atoms with E-state index in [1.807, 2.05) is 0 Å². The number of H-pyrrole nitrogens is 1. The summed E-state index contributed by atoms with van der Waals surface area (Å²) >= 11 is 6.07. The molecule has 12 heteroatoms. The van der Waals surface area contributed by atoms with Crippen LogP contribution in [0.25, 0.3) is 11.0 Å². The molecule has 0 spiro atoms. The first kappa shape index (κ1) is 21.2. The van der Waals surface area contributed by atoms with Crippen molar-refractivity contribution in [1.82, 2.24) is 19.1 Å². The molecule has 0 saturated carbocycles. The van der Waals surface area contributed by atoms with Crippen LogP contribution in [0.3, 0.4) is 0 Å². The second kappa shape index (κ2) is 8.27. The number of nitrogens with one attached hydrogen (secondary N) is 1. The predicted molar refractivity (Wildman–Crippen MR) is 111 cm³/mol. The monoisotopic (exact) mass is 461 g/mol. The van der Waals surface area contributed by atoms with Gasteiger partial charge in [0.2, 0.25) is 5.88 Å². The number of amides is 1. The van der Waals surface area contributed by atoms with Gasteiger partial charge < -0.3 is 15.5 Å². The average molecular weight is 462 g/mol. The molecule has 0 atom stereocenters. The lowest BCUT2D eigenvalue weighted by molar-refractivity contribution is 0.250. The number of benzene rings is 2. The summed E-state index contributed by atoms with van der Waals surface area (Å²) in [4.78, 5) is 42.5. The number of hydrogen-bond acceptors (Lipinski definition) is 5. The highest BCUT2D eigenvalue weighted by Gasteiger charge is 2.15. The average Bonchev–Trinajstić information content (AvgIpc) is 3.07. The highest BCUT2D eigenvalue weighted by atomic mass is 35.5. The quantitative estimate of drug-likeness (QED) is 0.472. The molecule has 0 saturated heterocycles. The Morgan fingerprint density at radius 1 is 1.19 bits per heavy atom. The Bertz CT molecular complexity index is 1480. The fourth-order valence-electron chi connectivity index (χ4n) is 3.11. The molecule has 0 aliphatic heterocycles. The number of carbonyl (C=O) groups is 1. The smallest absolute Gasteiger partial charge is 0.334 e. The van der Waals surface area contributed by atoms with Crippen molar-refractivity contribution in [2.75, 3.05) is 0 Å². The molecule has 0 radical (unpaired) electrons. The van der Waals surface area contributed by atoms with E-state index in [-0.39, 0.29) is 35.1 Å².